The zero-order chi connectivity index (χ0) is 21.4. The molecule has 0 bridgehead atoms. The van der Waals surface area contributed by atoms with E-state index in [9.17, 15) is 18.3 Å². The number of sulfonamides is 1. The van der Waals surface area contributed by atoms with Crippen molar-refractivity contribution in [3.05, 3.63) is 17.7 Å². The molecule has 1 aliphatic heterocycles. The summed E-state index contributed by atoms with van der Waals surface area (Å²) < 4.78 is 30.6. The molecule has 0 amide bonds. The second kappa shape index (κ2) is 10.8. The summed E-state index contributed by atoms with van der Waals surface area (Å²) in [4.78, 5) is 13.4. The van der Waals surface area contributed by atoms with Gasteiger partial charge >= 0.3 is 5.97 Å². The average Bonchev–Trinajstić information content (AvgIpc) is 3.18. The predicted octanol–water partition coefficient (Wildman–Crippen LogP) is 2.57. The number of hydrogen-bond donors (Lipinski definition) is 3. The molecule has 2 rings (SSSR count). The number of benzene rings is 1. The van der Waals surface area contributed by atoms with Crippen LogP contribution < -0.4 is 20.1 Å². The normalized spacial score (nSPS) is 16.7. The molecule has 9 heteroatoms. The van der Waals surface area contributed by atoms with Crippen LogP contribution in [-0.4, -0.2) is 51.8 Å². The number of nitrogens with two attached hydrogens (primary N) is 1. The largest absolute Gasteiger partial charge is 0.488 e. The Balaban J connectivity index is 2.54. The Labute approximate surface area is 173 Å². The van der Waals surface area contributed by atoms with Gasteiger partial charge in [-0.1, -0.05) is 26.7 Å². The van der Waals surface area contributed by atoms with Gasteiger partial charge in [0, 0.05) is 19.1 Å². The number of carboxylic acids is 1. The minimum Gasteiger partial charge on any atom is -0.488 e. The number of anilines is 1. The Morgan fingerprint density at radius 2 is 1.93 bits per heavy atom. The van der Waals surface area contributed by atoms with Gasteiger partial charge in [0.25, 0.3) is 0 Å². The van der Waals surface area contributed by atoms with Crippen LogP contribution in [0.5, 0.6) is 5.75 Å². The van der Waals surface area contributed by atoms with Gasteiger partial charge in [0.15, 0.2) is 5.75 Å². The monoisotopic (exact) mass is 427 g/mol. The number of ether oxygens (including phenoxy) is 1. The third kappa shape index (κ3) is 6.58. The standard InChI is InChI=1S/C20H33N3O5S/c1-3-5-10-23(11-6-4-2)17-12-15(20(24)25)13-18(29(21,26)27)19(17)28-14-16-8-7-9-22-16/h12-13,16,22H,3-11,14H2,1-2H3,(H,24,25)(H2,21,26,27). The lowest BCUT2D eigenvalue weighted by molar-refractivity contribution is 0.0696. The number of carboxylic acid groups (broad SMARTS) is 1. The van der Waals surface area contributed by atoms with Crippen molar-refractivity contribution in [2.45, 2.75) is 63.3 Å². The van der Waals surface area contributed by atoms with Gasteiger partial charge in [0.2, 0.25) is 10.0 Å². The van der Waals surface area contributed by atoms with Crippen molar-refractivity contribution in [2.24, 2.45) is 5.14 Å². The van der Waals surface area contributed by atoms with E-state index in [-0.39, 0.29) is 22.3 Å². The van der Waals surface area contributed by atoms with Gasteiger partial charge in [0.1, 0.15) is 11.5 Å². The van der Waals surface area contributed by atoms with Crippen molar-refractivity contribution in [3.63, 3.8) is 0 Å². The summed E-state index contributed by atoms with van der Waals surface area (Å²) in [5.74, 6) is -1.05. The molecule has 1 heterocycles. The molecule has 4 N–H and O–H groups in total. The molecule has 0 saturated carbocycles. The number of unbranched alkanes of at least 4 members (excludes halogenated alkanes) is 2. The third-order valence-electron chi connectivity index (χ3n) is 5.08. The topological polar surface area (TPSA) is 122 Å². The van der Waals surface area contributed by atoms with Gasteiger partial charge in [-0.3, -0.25) is 0 Å². The molecular weight excluding hydrogens is 394 g/mol. The molecular formula is C20H33N3O5S. The highest BCUT2D eigenvalue weighted by Crippen LogP contribution is 2.37. The van der Waals surface area contributed by atoms with Crippen LogP contribution >= 0.6 is 0 Å². The first-order valence-corrected chi connectivity index (χ1v) is 11.9. The molecule has 8 nitrogen and oxygen atoms in total. The molecule has 164 valence electrons. The fraction of sp³-hybridized carbons (Fsp3) is 0.650. The van der Waals surface area contributed by atoms with Crippen LogP contribution in [0.3, 0.4) is 0 Å². The summed E-state index contributed by atoms with van der Waals surface area (Å²) in [5, 5.41) is 18.3. The van der Waals surface area contributed by atoms with Crippen LogP contribution in [0.15, 0.2) is 17.0 Å². The Kier molecular flexibility index (Phi) is 8.73. The van der Waals surface area contributed by atoms with Crippen molar-refractivity contribution in [1.82, 2.24) is 5.32 Å². The molecule has 1 unspecified atom stereocenters. The van der Waals surface area contributed by atoms with E-state index in [1.165, 1.54) is 6.07 Å². The van der Waals surface area contributed by atoms with E-state index in [1.54, 1.807) is 0 Å². The Bertz CT molecular complexity index is 784. The average molecular weight is 428 g/mol. The lowest BCUT2D eigenvalue weighted by Crippen LogP contribution is -2.31. The fourth-order valence-corrected chi connectivity index (χ4v) is 4.15. The highest BCUT2D eigenvalue weighted by molar-refractivity contribution is 7.89. The van der Waals surface area contributed by atoms with Crippen molar-refractivity contribution in [2.75, 3.05) is 31.1 Å². The van der Waals surface area contributed by atoms with Crippen molar-refractivity contribution in [3.8, 4) is 5.75 Å². The van der Waals surface area contributed by atoms with Gasteiger partial charge < -0.3 is 20.1 Å². The van der Waals surface area contributed by atoms with E-state index in [0.29, 0.717) is 25.4 Å². The first-order valence-electron chi connectivity index (χ1n) is 10.3. The van der Waals surface area contributed by atoms with Crippen LogP contribution in [-0.2, 0) is 10.0 Å². The van der Waals surface area contributed by atoms with E-state index in [0.717, 1.165) is 51.1 Å². The number of aromatic carboxylic acids is 1. The zero-order valence-electron chi connectivity index (χ0n) is 17.3. The van der Waals surface area contributed by atoms with E-state index in [1.807, 2.05) is 4.90 Å². The number of carbonyl (C=O) groups is 1. The van der Waals surface area contributed by atoms with Crippen molar-refractivity contribution < 1.29 is 23.1 Å². The van der Waals surface area contributed by atoms with Gasteiger partial charge in [-0.25, -0.2) is 18.4 Å². The summed E-state index contributed by atoms with van der Waals surface area (Å²) in [7, 11) is -4.17. The van der Waals surface area contributed by atoms with Crippen LogP contribution in [0.4, 0.5) is 5.69 Å². The second-order valence-corrected chi connectivity index (χ2v) is 9.00. The molecule has 1 aliphatic rings. The Morgan fingerprint density at radius 3 is 2.41 bits per heavy atom. The van der Waals surface area contributed by atoms with Gasteiger partial charge in [0.05, 0.1) is 11.3 Å². The first-order chi connectivity index (χ1) is 13.8. The van der Waals surface area contributed by atoms with Crippen LogP contribution in [0, 0.1) is 0 Å². The van der Waals surface area contributed by atoms with Crippen LogP contribution in [0.25, 0.3) is 0 Å². The number of nitrogens with one attached hydrogen (secondary N) is 1. The summed E-state index contributed by atoms with van der Waals surface area (Å²) >= 11 is 0. The molecule has 1 saturated heterocycles. The van der Waals surface area contributed by atoms with E-state index in [2.05, 4.69) is 19.2 Å². The summed E-state index contributed by atoms with van der Waals surface area (Å²) in [6.07, 6.45) is 5.71. The molecule has 1 atom stereocenters. The molecule has 0 spiro atoms. The number of nitrogens with zero attached hydrogens (tertiary/aromatic N) is 1. The smallest absolute Gasteiger partial charge is 0.335 e. The number of rotatable bonds is 12. The fourth-order valence-electron chi connectivity index (χ4n) is 3.44. The van der Waals surface area contributed by atoms with Crippen molar-refractivity contribution in [1.29, 1.82) is 0 Å². The van der Waals surface area contributed by atoms with Crippen LogP contribution in [0.1, 0.15) is 62.7 Å². The lowest BCUT2D eigenvalue weighted by atomic mass is 10.1. The van der Waals surface area contributed by atoms with Crippen molar-refractivity contribution >= 4 is 21.7 Å². The van der Waals surface area contributed by atoms with E-state index >= 15 is 0 Å². The molecule has 1 aromatic carbocycles. The number of primary sulfonamides is 1. The molecule has 29 heavy (non-hydrogen) atoms. The highest BCUT2D eigenvalue weighted by atomic mass is 32.2. The quantitative estimate of drug-likeness (QED) is 0.468. The third-order valence-corrected chi connectivity index (χ3v) is 6.00. The van der Waals surface area contributed by atoms with Gasteiger partial charge in [-0.2, -0.15) is 0 Å². The number of hydrogen-bond acceptors (Lipinski definition) is 6. The van der Waals surface area contributed by atoms with Crippen LogP contribution in [0.2, 0.25) is 0 Å². The second-order valence-electron chi connectivity index (χ2n) is 7.47. The van der Waals surface area contributed by atoms with Gasteiger partial charge in [-0.05, 0) is 44.4 Å². The summed E-state index contributed by atoms with van der Waals surface area (Å²) in [5.41, 5.74) is 0.363. The first kappa shape index (κ1) is 23.4. The maximum absolute atomic E-state index is 12.3. The van der Waals surface area contributed by atoms with Gasteiger partial charge in [-0.15, -0.1) is 0 Å². The summed E-state index contributed by atoms with van der Waals surface area (Å²) in [6.45, 7) is 6.72. The van der Waals surface area contributed by atoms with E-state index in [4.69, 9.17) is 9.88 Å². The Hall–Kier alpha value is -1.84. The predicted molar refractivity (Wildman–Crippen MR) is 113 cm³/mol. The highest BCUT2D eigenvalue weighted by Gasteiger charge is 2.26. The summed E-state index contributed by atoms with van der Waals surface area (Å²) in [6, 6.07) is 2.73. The molecule has 0 aliphatic carbocycles. The Morgan fingerprint density at radius 1 is 1.28 bits per heavy atom. The molecule has 1 fully saturated rings. The van der Waals surface area contributed by atoms with E-state index < -0.39 is 16.0 Å². The SMILES string of the molecule is CCCCN(CCCC)c1cc(C(=O)O)cc(S(N)(=O)=O)c1OCC1CCCN1. The minimum absolute atomic E-state index is 0.117. The lowest BCUT2D eigenvalue weighted by Gasteiger charge is -2.28. The molecule has 0 radical (unpaired) electrons. The minimum atomic E-state index is -4.17. The maximum atomic E-state index is 12.3. The molecule has 1 aromatic rings. The molecule has 0 aromatic heterocycles. The zero-order valence-corrected chi connectivity index (χ0v) is 18.1. The maximum Gasteiger partial charge on any atom is 0.335 e.